The van der Waals surface area contributed by atoms with Crippen LogP contribution in [0.2, 0.25) is 5.02 Å². The molecule has 3 rings (SSSR count). The standard InChI is InChI=1S/C16H14ClFO3/c1-20-10-3-5-15-11(7-10)14(19)8-16(21-15)9-2-4-12(17)13(18)6-9/h2-7,14,16,19H,8H2,1H3/t14-,16?/m0/s1. The monoisotopic (exact) mass is 308 g/mol. The molecule has 0 fully saturated rings. The zero-order valence-corrected chi connectivity index (χ0v) is 12.1. The zero-order chi connectivity index (χ0) is 15.0. The summed E-state index contributed by atoms with van der Waals surface area (Å²) in [6, 6.07) is 9.79. The summed E-state index contributed by atoms with van der Waals surface area (Å²) in [5.74, 6) is 0.745. The number of halogens is 2. The van der Waals surface area contributed by atoms with Gasteiger partial charge < -0.3 is 14.6 Å². The predicted octanol–water partition coefficient (Wildman–Crippen LogP) is 4.04. The van der Waals surface area contributed by atoms with Gasteiger partial charge in [-0.1, -0.05) is 17.7 Å². The number of aliphatic hydroxyl groups is 1. The lowest BCUT2D eigenvalue weighted by Crippen LogP contribution is -2.19. The average molecular weight is 309 g/mol. The van der Waals surface area contributed by atoms with Gasteiger partial charge in [-0.05, 0) is 35.9 Å². The molecule has 2 aromatic carbocycles. The van der Waals surface area contributed by atoms with Crippen LogP contribution >= 0.6 is 11.6 Å². The number of aliphatic hydroxyl groups excluding tert-OH is 1. The van der Waals surface area contributed by atoms with Crippen LogP contribution in [0.4, 0.5) is 4.39 Å². The van der Waals surface area contributed by atoms with E-state index < -0.39 is 18.0 Å². The summed E-state index contributed by atoms with van der Waals surface area (Å²) in [5, 5.41) is 10.4. The topological polar surface area (TPSA) is 38.7 Å². The second-order valence-corrected chi connectivity index (χ2v) is 5.34. The van der Waals surface area contributed by atoms with E-state index in [9.17, 15) is 9.50 Å². The normalized spacial score (nSPS) is 20.6. The highest BCUT2D eigenvalue weighted by Crippen LogP contribution is 2.42. The van der Waals surface area contributed by atoms with Crippen LogP contribution < -0.4 is 9.47 Å². The number of ether oxygens (including phenoxy) is 2. The Bertz CT molecular complexity index is 675. The van der Waals surface area contributed by atoms with Gasteiger partial charge in [0.05, 0.1) is 18.2 Å². The minimum absolute atomic E-state index is 0.0697. The van der Waals surface area contributed by atoms with Gasteiger partial charge in [-0.15, -0.1) is 0 Å². The molecule has 1 heterocycles. The number of methoxy groups -OCH3 is 1. The molecule has 2 atom stereocenters. The summed E-state index contributed by atoms with van der Waals surface area (Å²) in [7, 11) is 1.57. The Labute approximate surface area is 126 Å². The molecule has 0 radical (unpaired) electrons. The SMILES string of the molecule is COc1ccc2c(c1)[C@@H](O)CC(c1ccc(Cl)c(F)c1)O2. The summed E-state index contributed by atoms with van der Waals surface area (Å²) in [4.78, 5) is 0. The number of hydrogen-bond donors (Lipinski definition) is 1. The van der Waals surface area contributed by atoms with E-state index in [1.54, 1.807) is 31.4 Å². The second-order valence-electron chi connectivity index (χ2n) is 4.94. The van der Waals surface area contributed by atoms with Crippen molar-refractivity contribution in [2.45, 2.75) is 18.6 Å². The van der Waals surface area contributed by atoms with E-state index in [-0.39, 0.29) is 5.02 Å². The van der Waals surface area contributed by atoms with E-state index in [1.165, 1.54) is 12.1 Å². The van der Waals surface area contributed by atoms with Crippen molar-refractivity contribution in [1.29, 1.82) is 0 Å². The third kappa shape index (κ3) is 2.69. The van der Waals surface area contributed by atoms with E-state index in [0.717, 1.165) is 0 Å². The number of hydrogen-bond acceptors (Lipinski definition) is 3. The van der Waals surface area contributed by atoms with Crippen LogP contribution in [-0.2, 0) is 0 Å². The van der Waals surface area contributed by atoms with Crippen molar-refractivity contribution >= 4 is 11.6 Å². The fourth-order valence-electron chi connectivity index (χ4n) is 2.47. The number of fused-ring (bicyclic) bond motifs is 1. The summed E-state index contributed by atoms with van der Waals surface area (Å²) in [5.41, 5.74) is 1.33. The van der Waals surface area contributed by atoms with Crippen molar-refractivity contribution in [1.82, 2.24) is 0 Å². The van der Waals surface area contributed by atoms with Crippen molar-refractivity contribution in [2.24, 2.45) is 0 Å². The third-order valence-electron chi connectivity index (χ3n) is 3.60. The predicted molar refractivity (Wildman–Crippen MR) is 77.3 cm³/mol. The number of rotatable bonds is 2. The van der Waals surface area contributed by atoms with Gasteiger partial charge in [0, 0.05) is 12.0 Å². The van der Waals surface area contributed by atoms with Crippen LogP contribution in [0.25, 0.3) is 0 Å². The molecule has 0 saturated heterocycles. The van der Waals surface area contributed by atoms with Gasteiger partial charge in [0.2, 0.25) is 0 Å². The van der Waals surface area contributed by atoms with Gasteiger partial charge in [-0.2, -0.15) is 0 Å². The molecule has 0 aromatic heterocycles. The first-order chi connectivity index (χ1) is 10.1. The highest BCUT2D eigenvalue weighted by Gasteiger charge is 2.28. The number of benzene rings is 2. The molecule has 0 bridgehead atoms. The van der Waals surface area contributed by atoms with Crippen LogP contribution in [0.15, 0.2) is 36.4 Å². The Hall–Kier alpha value is -1.78. The zero-order valence-electron chi connectivity index (χ0n) is 11.3. The summed E-state index contributed by atoms with van der Waals surface area (Å²) >= 11 is 5.68. The molecular formula is C16H14ClFO3. The van der Waals surface area contributed by atoms with E-state index in [0.29, 0.717) is 29.0 Å². The maximum absolute atomic E-state index is 13.6. The van der Waals surface area contributed by atoms with Crippen molar-refractivity contribution < 1.29 is 19.0 Å². The highest BCUT2D eigenvalue weighted by molar-refractivity contribution is 6.30. The van der Waals surface area contributed by atoms with Gasteiger partial charge in [0.1, 0.15) is 23.4 Å². The Kier molecular flexibility index (Phi) is 3.74. The first kappa shape index (κ1) is 14.2. The van der Waals surface area contributed by atoms with Crippen LogP contribution in [0.1, 0.15) is 29.8 Å². The fourth-order valence-corrected chi connectivity index (χ4v) is 2.59. The molecule has 0 amide bonds. The Morgan fingerprint density at radius 2 is 2.10 bits per heavy atom. The third-order valence-corrected chi connectivity index (χ3v) is 3.90. The van der Waals surface area contributed by atoms with E-state index in [1.807, 2.05) is 0 Å². The molecule has 1 aliphatic heterocycles. The molecular weight excluding hydrogens is 295 g/mol. The molecule has 1 aliphatic rings. The highest BCUT2D eigenvalue weighted by atomic mass is 35.5. The average Bonchev–Trinajstić information content (AvgIpc) is 2.49. The molecule has 5 heteroatoms. The lowest BCUT2D eigenvalue weighted by atomic mass is 9.95. The fraction of sp³-hybridized carbons (Fsp3) is 0.250. The van der Waals surface area contributed by atoms with Crippen molar-refractivity contribution in [3.8, 4) is 11.5 Å². The molecule has 2 aromatic rings. The van der Waals surface area contributed by atoms with Gasteiger partial charge >= 0.3 is 0 Å². The largest absolute Gasteiger partial charge is 0.497 e. The Morgan fingerprint density at radius 1 is 1.29 bits per heavy atom. The maximum atomic E-state index is 13.6. The molecule has 0 saturated carbocycles. The second kappa shape index (κ2) is 5.54. The molecule has 0 aliphatic carbocycles. The molecule has 3 nitrogen and oxygen atoms in total. The smallest absolute Gasteiger partial charge is 0.142 e. The first-order valence-corrected chi connectivity index (χ1v) is 6.94. The van der Waals surface area contributed by atoms with E-state index in [4.69, 9.17) is 21.1 Å². The van der Waals surface area contributed by atoms with Gasteiger partial charge in [-0.3, -0.25) is 0 Å². The van der Waals surface area contributed by atoms with Crippen LogP contribution in [0.3, 0.4) is 0 Å². The van der Waals surface area contributed by atoms with Crippen LogP contribution in [0.5, 0.6) is 11.5 Å². The Balaban J connectivity index is 1.92. The maximum Gasteiger partial charge on any atom is 0.142 e. The lowest BCUT2D eigenvalue weighted by Gasteiger charge is -2.30. The van der Waals surface area contributed by atoms with Crippen LogP contribution in [0, 0.1) is 5.82 Å². The van der Waals surface area contributed by atoms with Crippen molar-refractivity contribution in [3.05, 3.63) is 58.4 Å². The van der Waals surface area contributed by atoms with E-state index >= 15 is 0 Å². The molecule has 110 valence electrons. The van der Waals surface area contributed by atoms with Crippen molar-refractivity contribution in [2.75, 3.05) is 7.11 Å². The summed E-state index contributed by atoms with van der Waals surface area (Å²) < 4.78 is 24.6. The molecule has 21 heavy (non-hydrogen) atoms. The van der Waals surface area contributed by atoms with E-state index in [2.05, 4.69) is 0 Å². The minimum Gasteiger partial charge on any atom is -0.497 e. The summed E-state index contributed by atoms with van der Waals surface area (Å²) in [6.45, 7) is 0. The first-order valence-electron chi connectivity index (χ1n) is 6.56. The van der Waals surface area contributed by atoms with Crippen molar-refractivity contribution in [3.63, 3.8) is 0 Å². The molecule has 0 spiro atoms. The van der Waals surface area contributed by atoms with Gasteiger partial charge in [0.25, 0.3) is 0 Å². The minimum atomic E-state index is -0.687. The molecule has 1 N–H and O–H groups in total. The molecule has 1 unspecified atom stereocenters. The summed E-state index contributed by atoms with van der Waals surface area (Å²) in [6.07, 6.45) is -0.749. The quantitative estimate of drug-likeness (QED) is 0.910. The Morgan fingerprint density at radius 3 is 2.81 bits per heavy atom. The van der Waals surface area contributed by atoms with Gasteiger partial charge in [-0.25, -0.2) is 4.39 Å². The van der Waals surface area contributed by atoms with Crippen LogP contribution in [-0.4, -0.2) is 12.2 Å². The lowest BCUT2D eigenvalue weighted by molar-refractivity contribution is 0.0653. The van der Waals surface area contributed by atoms with Gasteiger partial charge in [0.15, 0.2) is 0 Å².